The summed E-state index contributed by atoms with van der Waals surface area (Å²) in [6, 6.07) is 6.83. The number of nitrogens with one attached hydrogen (secondary N) is 2. The summed E-state index contributed by atoms with van der Waals surface area (Å²) in [6.45, 7) is 3.52. The maximum atomic E-state index is 12.6. The van der Waals surface area contributed by atoms with Crippen LogP contribution in [0.4, 0.5) is 0 Å². The second kappa shape index (κ2) is 10.2. The zero-order valence-electron chi connectivity index (χ0n) is 15.9. The van der Waals surface area contributed by atoms with E-state index >= 15 is 0 Å². The summed E-state index contributed by atoms with van der Waals surface area (Å²) in [7, 11) is 1.62. The van der Waals surface area contributed by atoms with Crippen molar-refractivity contribution in [2.24, 2.45) is 0 Å². The van der Waals surface area contributed by atoms with E-state index in [-0.39, 0.29) is 31.3 Å². The van der Waals surface area contributed by atoms with Gasteiger partial charge < -0.3 is 30.5 Å². The van der Waals surface area contributed by atoms with Crippen LogP contribution in [0.3, 0.4) is 0 Å². The van der Waals surface area contributed by atoms with Gasteiger partial charge in [0.15, 0.2) is 0 Å². The Labute approximate surface area is 159 Å². The quantitative estimate of drug-likeness (QED) is 0.491. The largest absolute Gasteiger partial charge is 0.496 e. The highest BCUT2D eigenvalue weighted by Crippen LogP contribution is 2.27. The lowest BCUT2D eigenvalue weighted by Crippen LogP contribution is -2.49. The predicted octanol–water partition coefficient (Wildman–Crippen LogP) is 0.372. The van der Waals surface area contributed by atoms with Gasteiger partial charge in [-0.15, -0.1) is 0 Å². The summed E-state index contributed by atoms with van der Waals surface area (Å²) in [4.78, 5) is 25.7. The Kier molecular flexibility index (Phi) is 8.02. The fourth-order valence-corrected chi connectivity index (χ4v) is 3.19. The lowest BCUT2D eigenvalue weighted by Gasteiger charge is -2.34. The normalized spacial score (nSPS) is 19.4. The van der Waals surface area contributed by atoms with E-state index in [0.717, 1.165) is 11.3 Å². The molecule has 150 valence electrons. The molecule has 4 N–H and O–H groups in total. The number of benzene rings is 1. The average Bonchev–Trinajstić information content (AvgIpc) is 2.67. The van der Waals surface area contributed by atoms with Gasteiger partial charge in [0.2, 0.25) is 5.91 Å². The minimum Gasteiger partial charge on any atom is -0.496 e. The average molecular weight is 379 g/mol. The molecule has 1 heterocycles. The molecule has 0 aliphatic carbocycles. The number of ether oxygens (including phenoxy) is 1. The molecule has 8 heteroatoms. The van der Waals surface area contributed by atoms with Crippen molar-refractivity contribution < 1.29 is 24.5 Å². The van der Waals surface area contributed by atoms with E-state index in [9.17, 15) is 19.8 Å². The Morgan fingerprint density at radius 2 is 2.15 bits per heavy atom. The van der Waals surface area contributed by atoms with Crippen LogP contribution in [-0.2, 0) is 9.59 Å². The second-order valence-corrected chi connectivity index (χ2v) is 6.78. The molecule has 0 bridgehead atoms. The van der Waals surface area contributed by atoms with E-state index in [1.54, 1.807) is 18.9 Å². The molecule has 3 atom stereocenters. The number of amides is 1. The van der Waals surface area contributed by atoms with Gasteiger partial charge in [-0.3, -0.25) is 9.59 Å². The highest BCUT2D eigenvalue weighted by atomic mass is 16.5. The van der Waals surface area contributed by atoms with E-state index in [4.69, 9.17) is 4.74 Å². The van der Waals surface area contributed by atoms with Gasteiger partial charge in [-0.05, 0) is 19.4 Å². The first-order valence-electron chi connectivity index (χ1n) is 9.20. The summed E-state index contributed by atoms with van der Waals surface area (Å²) in [6.07, 6.45) is -0.315. The zero-order chi connectivity index (χ0) is 19.8. The number of aliphatic hydroxyl groups excluding tert-OH is 1. The van der Waals surface area contributed by atoms with Gasteiger partial charge in [0, 0.05) is 38.2 Å². The van der Waals surface area contributed by atoms with Crippen LogP contribution in [0.15, 0.2) is 24.3 Å². The van der Waals surface area contributed by atoms with Crippen molar-refractivity contribution in [1.82, 2.24) is 15.5 Å². The summed E-state index contributed by atoms with van der Waals surface area (Å²) in [5, 5.41) is 24.7. The zero-order valence-corrected chi connectivity index (χ0v) is 15.9. The van der Waals surface area contributed by atoms with Crippen LogP contribution in [-0.4, -0.2) is 72.4 Å². The lowest BCUT2D eigenvalue weighted by molar-refractivity contribution is -0.140. The monoisotopic (exact) mass is 379 g/mol. The second-order valence-electron chi connectivity index (χ2n) is 6.78. The molecular weight excluding hydrogens is 350 g/mol. The molecule has 2 rings (SSSR count). The van der Waals surface area contributed by atoms with Crippen molar-refractivity contribution in [2.75, 3.05) is 33.3 Å². The number of hydrogen-bond donors (Lipinski definition) is 4. The molecule has 1 aromatic rings. The van der Waals surface area contributed by atoms with Crippen molar-refractivity contribution >= 4 is 11.9 Å². The smallest absolute Gasteiger partial charge is 0.320 e. The van der Waals surface area contributed by atoms with Crippen LogP contribution in [0.2, 0.25) is 0 Å². The third kappa shape index (κ3) is 6.20. The van der Waals surface area contributed by atoms with Crippen molar-refractivity contribution in [3.05, 3.63) is 29.8 Å². The Bertz CT molecular complexity index is 638. The Hall–Kier alpha value is -2.16. The molecule has 1 amide bonds. The maximum absolute atomic E-state index is 12.6. The van der Waals surface area contributed by atoms with Gasteiger partial charge in [-0.2, -0.15) is 0 Å². The molecule has 0 saturated carbocycles. The topological polar surface area (TPSA) is 111 Å². The van der Waals surface area contributed by atoms with E-state index in [0.29, 0.717) is 19.6 Å². The van der Waals surface area contributed by atoms with E-state index in [1.165, 1.54) is 0 Å². The molecular formula is C19H29N3O5. The van der Waals surface area contributed by atoms with E-state index in [2.05, 4.69) is 10.6 Å². The molecule has 1 aliphatic rings. The Morgan fingerprint density at radius 3 is 2.81 bits per heavy atom. The minimum absolute atomic E-state index is 0.0255. The van der Waals surface area contributed by atoms with Gasteiger partial charge in [-0.25, -0.2) is 0 Å². The number of rotatable bonds is 9. The standard InChI is InChI=1S/C19H29N3O5/c1-13(23)11-21-15(19(25)26)7-8-18(24)22-10-9-20-16(12-22)14-5-3-4-6-17(14)27-2/h3-6,13,15-16,20-21,23H,7-12H2,1-2H3,(H,25,26). The number of piperazine rings is 1. The minimum atomic E-state index is -1.02. The molecule has 1 fully saturated rings. The number of nitrogens with zero attached hydrogens (tertiary/aromatic N) is 1. The predicted molar refractivity (Wildman–Crippen MR) is 101 cm³/mol. The highest BCUT2D eigenvalue weighted by molar-refractivity contribution is 5.78. The van der Waals surface area contributed by atoms with Crippen molar-refractivity contribution in [2.45, 2.75) is 38.0 Å². The van der Waals surface area contributed by atoms with Gasteiger partial charge in [0.25, 0.3) is 0 Å². The number of carboxylic acids is 1. The van der Waals surface area contributed by atoms with Crippen molar-refractivity contribution in [1.29, 1.82) is 0 Å². The summed E-state index contributed by atoms with van der Waals surface area (Å²) in [5.74, 6) is -0.310. The number of carboxylic acid groups (broad SMARTS) is 1. The number of carbonyl (C=O) groups is 2. The Morgan fingerprint density at radius 1 is 1.41 bits per heavy atom. The summed E-state index contributed by atoms with van der Waals surface area (Å²) >= 11 is 0. The molecule has 0 spiro atoms. The molecule has 3 unspecified atom stereocenters. The first-order chi connectivity index (χ1) is 12.9. The van der Waals surface area contributed by atoms with Crippen LogP contribution in [0.1, 0.15) is 31.4 Å². The third-order valence-electron chi connectivity index (χ3n) is 4.65. The molecule has 1 aromatic carbocycles. The lowest BCUT2D eigenvalue weighted by atomic mass is 10.0. The van der Waals surface area contributed by atoms with Gasteiger partial charge >= 0.3 is 5.97 Å². The molecule has 27 heavy (non-hydrogen) atoms. The first kappa shape index (κ1) is 21.1. The van der Waals surface area contributed by atoms with Gasteiger partial charge in [-0.1, -0.05) is 18.2 Å². The number of aliphatic carboxylic acids is 1. The van der Waals surface area contributed by atoms with Crippen LogP contribution in [0, 0.1) is 0 Å². The summed E-state index contributed by atoms with van der Waals surface area (Å²) < 4.78 is 5.41. The molecule has 0 radical (unpaired) electrons. The molecule has 1 aliphatic heterocycles. The van der Waals surface area contributed by atoms with Gasteiger partial charge in [0.05, 0.1) is 19.3 Å². The highest BCUT2D eigenvalue weighted by Gasteiger charge is 2.27. The fourth-order valence-electron chi connectivity index (χ4n) is 3.19. The van der Waals surface area contributed by atoms with Crippen LogP contribution in [0.25, 0.3) is 0 Å². The molecule has 0 aromatic heterocycles. The molecule has 8 nitrogen and oxygen atoms in total. The number of methoxy groups -OCH3 is 1. The third-order valence-corrected chi connectivity index (χ3v) is 4.65. The van der Waals surface area contributed by atoms with Gasteiger partial charge in [0.1, 0.15) is 11.8 Å². The number of carbonyl (C=O) groups excluding carboxylic acids is 1. The Balaban J connectivity index is 1.93. The fraction of sp³-hybridized carbons (Fsp3) is 0.579. The first-order valence-corrected chi connectivity index (χ1v) is 9.20. The number of aliphatic hydroxyl groups is 1. The van der Waals surface area contributed by atoms with Crippen LogP contribution >= 0.6 is 0 Å². The number of para-hydroxylation sites is 1. The SMILES string of the molecule is COc1ccccc1C1CN(C(=O)CCC(NCC(C)O)C(=O)O)CCN1. The van der Waals surface area contributed by atoms with Crippen molar-refractivity contribution in [3.63, 3.8) is 0 Å². The van der Waals surface area contributed by atoms with E-state index in [1.807, 2.05) is 24.3 Å². The van der Waals surface area contributed by atoms with Crippen LogP contribution < -0.4 is 15.4 Å². The maximum Gasteiger partial charge on any atom is 0.320 e. The number of hydrogen-bond acceptors (Lipinski definition) is 6. The summed E-state index contributed by atoms with van der Waals surface area (Å²) in [5.41, 5.74) is 1.000. The van der Waals surface area contributed by atoms with E-state index < -0.39 is 18.1 Å². The van der Waals surface area contributed by atoms with Crippen molar-refractivity contribution in [3.8, 4) is 5.75 Å². The van der Waals surface area contributed by atoms with Crippen LogP contribution in [0.5, 0.6) is 5.75 Å². The molecule has 1 saturated heterocycles.